The number of nitrogens with zero attached hydrogens (tertiary/aromatic N) is 1. The van der Waals surface area contributed by atoms with Crippen molar-refractivity contribution in [3.05, 3.63) is 48.0 Å². The number of rotatable bonds is 8. The zero-order valence-electron chi connectivity index (χ0n) is 18.9. The fourth-order valence-electron chi connectivity index (χ4n) is 3.76. The summed E-state index contributed by atoms with van der Waals surface area (Å²) in [6.45, 7) is 0.443. The molecule has 0 unspecified atom stereocenters. The molecule has 1 atom stereocenters. The van der Waals surface area contributed by atoms with Crippen LogP contribution in [0.3, 0.4) is 0 Å². The van der Waals surface area contributed by atoms with Gasteiger partial charge < -0.3 is 19.5 Å². The molecular formula is C23H28N2O7S. The number of carbonyl (C=O) groups excluding carboxylic acids is 2. The monoisotopic (exact) mass is 476 g/mol. The number of ether oxygens (including phenoxy) is 3. The Hall–Kier alpha value is -3.11. The molecule has 2 aromatic carbocycles. The van der Waals surface area contributed by atoms with Gasteiger partial charge in [0, 0.05) is 18.8 Å². The van der Waals surface area contributed by atoms with Crippen molar-refractivity contribution >= 4 is 27.6 Å². The first-order valence-corrected chi connectivity index (χ1v) is 11.9. The first-order chi connectivity index (χ1) is 15.8. The molecule has 3 rings (SSSR count). The number of hydrogen-bond donors (Lipinski definition) is 1. The van der Waals surface area contributed by atoms with Crippen molar-refractivity contribution in [2.75, 3.05) is 39.7 Å². The van der Waals surface area contributed by atoms with E-state index in [4.69, 9.17) is 14.2 Å². The van der Waals surface area contributed by atoms with Gasteiger partial charge in [0.25, 0.3) is 0 Å². The van der Waals surface area contributed by atoms with Gasteiger partial charge in [-0.3, -0.25) is 9.59 Å². The first kappa shape index (κ1) is 24.5. The summed E-state index contributed by atoms with van der Waals surface area (Å²) in [7, 11) is 0.605. The fraction of sp³-hybridized carbons (Fsp3) is 0.391. The van der Waals surface area contributed by atoms with Crippen molar-refractivity contribution in [3.63, 3.8) is 0 Å². The predicted molar refractivity (Wildman–Crippen MR) is 122 cm³/mol. The maximum atomic E-state index is 13.0. The van der Waals surface area contributed by atoms with E-state index < -0.39 is 21.9 Å². The van der Waals surface area contributed by atoms with Crippen molar-refractivity contribution < 1.29 is 32.2 Å². The molecule has 178 valence electrons. The van der Waals surface area contributed by atoms with Crippen LogP contribution < -0.4 is 14.8 Å². The number of hydrogen-bond acceptors (Lipinski definition) is 7. The van der Waals surface area contributed by atoms with Crippen LogP contribution in [0.25, 0.3) is 0 Å². The lowest BCUT2D eigenvalue weighted by Crippen LogP contribution is -2.42. The molecule has 0 aromatic heterocycles. The highest BCUT2D eigenvalue weighted by molar-refractivity contribution is 7.89. The summed E-state index contributed by atoms with van der Waals surface area (Å²) >= 11 is 0. The van der Waals surface area contributed by atoms with Crippen LogP contribution in [-0.4, -0.2) is 59.0 Å². The molecule has 1 aliphatic rings. The third-order valence-electron chi connectivity index (χ3n) is 5.51. The van der Waals surface area contributed by atoms with Gasteiger partial charge in [-0.1, -0.05) is 6.07 Å². The number of carbonyl (C=O) groups is 2. The summed E-state index contributed by atoms with van der Waals surface area (Å²) in [5.74, 6) is -0.0135. The summed E-state index contributed by atoms with van der Waals surface area (Å²) in [4.78, 5) is 24.4. The molecule has 0 radical (unpaired) electrons. The van der Waals surface area contributed by atoms with Gasteiger partial charge in [-0.25, -0.2) is 8.42 Å². The average Bonchev–Trinajstić information content (AvgIpc) is 2.83. The van der Waals surface area contributed by atoms with E-state index in [9.17, 15) is 18.0 Å². The Bertz CT molecular complexity index is 1100. The van der Waals surface area contributed by atoms with E-state index in [1.165, 1.54) is 37.8 Å². The summed E-state index contributed by atoms with van der Waals surface area (Å²) in [6, 6.07) is 11.2. The second-order valence-electron chi connectivity index (χ2n) is 7.66. The van der Waals surface area contributed by atoms with Crippen molar-refractivity contribution in [2.24, 2.45) is 5.92 Å². The van der Waals surface area contributed by atoms with Crippen LogP contribution in [0.5, 0.6) is 11.5 Å². The molecule has 9 nitrogen and oxygen atoms in total. The summed E-state index contributed by atoms with van der Waals surface area (Å²) < 4.78 is 42.5. The van der Waals surface area contributed by atoms with Gasteiger partial charge in [-0.05, 0) is 54.8 Å². The number of piperidine rings is 1. The van der Waals surface area contributed by atoms with E-state index in [1.54, 1.807) is 30.3 Å². The Balaban J connectivity index is 1.65. The van der Waals surface area contributed by atoms with Gasteiger partial charge in [0.15, 0.2) is 11.5 Å². The van der Waals surface area contributed by atoms with E-state index >= 15 is 0 Å². The fourth-order valence-corrected chi connectivity index (χ4v) is 5.28. The molecule has 1 aliphatic heterocycles. The topological polar surface area (TPSA) is 111 Å². The van der Waals surface area contributed by atoms with Crippen molar-refractivity contribution in [1.82, 2.24) is 4.31 Å². The molecule has 0 saturated carbocycles. The minimum Gasteiger partial charge on any atom is -0.493 e. The minimum atomic E-state index is -3.76. The van der Waals surface area contributed by atoms with Crippen LogP contribution in [0.4, 0.5) is 5.69 Å². The van der Waals surface area contributed by atoms with Crippen molar-refractivity contribution in [2.45, 2.75) is 24.2 Å². The normalized spacial score (nSPS) is 16.6. The zero-order valence-corrected chi connectivity index (χ0v) is 19.7. The molecule has 10 heteroatoms. The van der Waals surface area contributed by atoms with Gasteiger partial charge in [0.05, 0.1) is 38.6 Å². The Kier molecular flexibility index (Phi) is 7.93. The van der Waals surface area contributed by atoms with Gasteiger partial charge >= 0.3 is 5.97 Å². The summed E-state index contributed by atoms with van der Waals surface area (Å²) in [6.07, 6.45) is 1.30. The number of benzene rings is 2. The number of esters is 1. The SMILES string of the molecule is COC(=O)[C@H]1CCCN(S(=O)(=O)c2ccc(NC(=O)Cc3ccc(OC)c(OC)c3)cc2)C1. The number of amides is 1. The summed E-state index contributed by atoms with van der Waals surface area (Å²) in [5.41, 5.74) is 1.22. The standard InChI is InChI=1S/C23H28N2O7S/c1-30-20-11-6-16(13-21(20)31-2)14-22(26)24-18-7-9-19(10-8-18)33(28,29)25-12-4-5-17(15-25)23(27)32-3/h6-11,13,17H,4-5,12,14-15H2,1-3H3,(H,24,26)/t17-/m0/s1. The average molecular weight is 477 g/mol. The molecule has 1 amide bonds. The highest BCUT2D eigenvalue weighted by Crippen LogP contribution is 2.28. The molecule has 0 bridgehead atoms. The van der Waals surface area contributed by atoms with Crippen molar-refractivity contribution in [3.8, 4) is 11.5 Å². The van der Waals surface area contributed by atoms with Crippen LogP contribution in [0, 0.1) is 5.92 Å². The van der Waals surface area contributed by atoms with Crippen LogP contribution in [0.15, 0.2) is 47.4 Å². The predicted octanol–water partition coefficient (Wildman–Crippen LogP) is 2.46. The molecule has 2 aromatic rings. The lowest BCUT2D eigenvalue weighted by molar-refractivity contribution is -0.146. The van der Waals surface area contributed by atoms with E-state index in [-0.39, 0.29) is 23.8 Å². The van der Waals surface area contributed by atoms with Crippen LogP contribution in [0.1, 0.15) is 18.4 Å². The minimum absolute atomic E-state index is 0.0960. The molecule has 1 N–H and O–H groups in total. The maximum Gasteiger partial charge on any atom is 0.309 e. The third kappa shape index (κ3) is 5.82. The Labute approximate surface area is 193 Å². The first-order valence-electron chi connectivity index (χ1n) is 10.5. The summed E-state index contributed by atoms with van der Waals surface area (Å²) in [5, 5.41) is 2.76. The molecule has 1 fully saturated rings. The van der Waals surface area contributed by atoms with Crippen LogP contribution in [-0.2, 0) is 30.8 Å². The van der Waals surface area contributed by atoms with E-state index in [1.807, 2.05) is 0 Å². The van der Waals surface area contributed by atoms with E-state index in [0.717, 1.165) is 5.56 Å². The Morgan fingerprint density at radius 3 is 2.36 bits per heavy atom. The van der Waals surface area contributed by atoms with E-state index in [0.29, 0.717) is 36.6 Å². The molecule has 1 saturated heterocycles. The third-order valence-corrected chi connectivity index (χ3v) is 7.39. The largest absolute Gasteiger partial charge is 0.493 e. The molecule has 33 heavy (non-hydrogen) atoms. The number of nitrogens with one attached hydrogen (secondary N) is 1. The lowest BCUT2D eigenvalue weighted by Gasteiger charge is -2.30. The molecule has 1 heterocycles. The second-order valence-corrected chi connectivity index (χ2v) is 9.60. The van der Waals surface area contributed by atoms with Gasteiger partial charge in [0.1, 0.15) is 0 Å². The Morgan fingerprint density at radius 2 is 1.73 bits per heavy atom. The number of sulfonamides is 1. The van der Waals surface area contributed by atoms with Gasteiger partial charge in [0.2, 0.25) is 15.9 Å². The van der Waals surface area contributed by atoms with Crippen LogP contribution in [0.2, 0.25) is 0 Å². The highest BCUT2D eigenvalue weighted by Gasteiger charge is 2.33. The van der Waals surface area contributed by atoms with Crippen LogP contribution >= 0.6 is 0 Å². The van der Waals surface area contributed by atoms with Gasteiger partial charge in [-0.15, -0.1) is 0 Å². The number of methoxy groups -OCH3 is 3. The quantitative estimate of drug-likeness (QED) is 0.583. The highest BCUT2D eigenvalue weighted by atomic mass is 32.2. The molecule has 0 spiro atoms. The smallest absolute Gasteiger partial charge is 0.309 e. The Morgan fingerprint density at radius 1 is 1.03 bits per heavy atom. The second kappa shape index (κ2) is 10.7. The molecular weight excluding hydrogens is 448 g/mol. The van der Waals surface area contributed by atoms with Gasteiger partial charge in [-0.2, -0.15) is 4.31 Å². The van der Waals surface area contributed by atoms with Crippen molar-refractivity contribution in [1.29, 1.82) is 0 Å². The number of anilines is 1. The molecule has 0 aliphatic carbocycles. The van der Waals surface area contributed by atoms with E-state index in [2.05, 4.69) is 5.32 Å². The zero-order chi connectivity index (χ0) is 24.0. The maximum absolute atomic E-state index is 13.0. The lowest BCUT2D eigenvalue weighted by atomic mass is 10.0.